The van der Waals surface area contributed by atoms with Gasteiger partial charge in [0.25, 0.3) is 0 Å². The van der Waals surface area contributed by atoms with Crippen LogP contribution in [0.5, 0.6) is 0 Å². The second kappa shape index (κ2) is 5.47. The Hall–Kier alpha value is -1.74. The summed E-state index contributed by atoms with van der Waals surface area (Å²) in [7, 11) is 0. The first-order valence-electron chi connectivity index (χ1n) is 7.74. The Balaban J connectivity index is 2.39. The van der Waals surface area contributed by atoms with E-state index in [2.05, 4.69) is 33.8 Å². The number of rotatable bonds is 2. The van der Waals surface area contributed by atoms with Gasteiger partial charge in [-0.1, -0.05) is 58.1 Å². The number of allylic oxidation sites excluding steroid dienone is 2. The zero-order valence-electron chi connectivity index (χ0n) is 13.3. The van der Waals surface area contributed by atoms with Crippen LogP contribution in [0.3, 0.4) is 0 Å². The molecule has 1 unspecified atom stereocenters. The quantitative estimate of drug-likeness (QED) is 0.744. The van der Waals surface area contributed by atoms with Crippen LogP contribution in [0, 0.1) is 17.8 Å². The third-order valence-electron chi connectivity index (χ3n) is 4.31. The van der Waals surface area contributed by atoms with Gasteiger partial charge < -0.3 is 4.42 Å². The maximum atomic E-state index is 12.9. The number of fused-ring (bicyclic) bond motifs is 2. The summed E-state index contributed by atoms with van der Waals surface area (Å²) < 4.78 is 6.08. The first-order valence-corrected chi connectivity index (χ1v) is 8.14. The molecule has 0 saturated carbocycles. The molecule has 114 valence electrons. The molecular formula is C19H20O2S. The third-order valence-corrected chi connectivity index (χ3v) is 4.78. The minimum atomic E-state index is -0.00116. The van der Waals surface area contributed by atoms with Crippen LogP contribution in [0.4, 0.5) is 0 Å². The molecule has 0 N–H and O–H groups in total. The van der Waals surface area contributed by atoms with E-state index < -0.39 is 0 Å². The molecule has 3 heteroatoms. The predicted molar refractivity (Wildman–Crippen MR) is 95.3 cm³/mol. The molecule has 1 aromatic carbocycles. The number of thiocarbonyl (C=S) groups is 1. The lowest BCUT2D eigenvalue weighted by Gasteiger charge is -2.28. The summed E-state index contributed by atoms with van der Waals surface area (Å²) in [4.78, 5) is 13.7. The van der Waals surface area contributed by atoms with Crippen LogP contribution in [0.15, 0.2) is 39.6 Å². The number of benzene rings is 1. The first-order chi connectivity index (χ1) is 10.4. The van der Waals surface area contributed by atoms with Crippen LogP contribution in [-0.4, -0.2) is 4.86 Å². The highest BCUT2D eigenvalue weighted by Gasteiger charge is 2.32. The summed E-state index contributed by atoms with van der Waals surface area (Å²) in [5.74, 6) is 1.43. The maximum absolute atomic E-state index is 12.9. The van der Waals surface area contributed by atoms with E-state index in [1.807, 2.05) is 24.3 Å². The van der Waals surface area contributed by atoms with E-state index in [4.69, 9.17) is 16.6 Å². The molecule has 3 rings (SSSR count). The molecule has 0 amide bonds. The fraction of sp³-hybridized carbons (Fsp3) is 0.368. The average Bonchev–Trinajstić information content (AvgIpc) is 2.46. The molecular weight excluding hydrogens is 292 g/mol. The van der Waals surface area contributed by atoms with Gasteiger partial charge in [0.05, 0.1) is 10.9 Å². The maximum Gasteiger partial charge on any atom is 0.201 e. The SMILES string of the molecule is CC(C)C1=CC(C(C)C)C(=S)c2c1oc1ccccc1c2=O. The van der Waals surface area contributed by atoms with Gasteiger partial charge in [-0.25, -0.2) is 0 Å². The molecule has 1 aliphatic rings. The van der Waals surface area contributed by atoms with Crippen LogP contribution in [0.2, 0.25) is 0 Å². The van der Waals surface area contributed by atoms with Crippen molar-refractivity contribution in [3.63, 3.8) is 0 Å². The van der Waals surface area contributed by atoms with Gasteiger partial charge in [0, 0.05) is 10.8 Å². The number of para-hydroxylation sites is 1. The van der Waals surface area contributed by atoms with E-state index in [0.29, 0.717) is 33.1 Å². The van der Waals surface area contributed by atoms with Crippen molar-refractivity contribution in [2.45, 2.75) is 27.7 Å². The van der Waals surface area contributed by atoms with Crippen molar-refractivity contribution < 1.29 is 4.42 Å². The molecule has 2 nitrogen and oxygen atoms in total. The molecule has 0 bridgehead atoms. The Morgan fingerprint density at radius 1 is 1.14 bits per heavy atom. The molecule has 1 aliphatic carbocycles. The lowest BCUT2D eigenvalue weighted by molar-refractivity contribution is 0.546. The molecule has 0 aliphatic heterocycles. The second-order valence-electron chi connectivity index (χ2n) is 6.54. The molecule has 1 heterocycles. The summed E-state index contributed by atoms with van der Waals surface area (Å²) in [5, 5.41) is 0.608. The molecule has 0 saturated heterocycles. The summed E-state index contributed by atoms with van der Waals surface area (Å²) in [6, 6.07) is 7.39. The smallest absolute Gasteiger partial charge is 0.201 e. The zero-order valence-corrected chi connectivity index (χ0v) is 14.2. The van der Waals surface area contributed by atoms with Gasteiger partial charge in [0.2, 0.25) is 5.43 Å². The fourth-order valence-corrected chi connectivity index (χ4v) is 3.56. The van der Waals surface area contributed by atoms with Crippen LogP contribution < -0.4 is 5.43 Å². The Morgan fingerprint density at radius 3 is 2.45 bits per heavy atom. The molecule has 0 fully saturated rings. The highest BCUT2D eigenvalue weighted by atomic mass is 32.1. The van der Waals surface area contributed by atoms with Gasteiger partial charge in [0.1, 0.15) is 11.3 Å². The number of hydrogen-bond donors (Lipinski definition) is 0. The lowest BCUT2D eigenvalue weighted by Crippen LogP contribution is -2.29. The molecule has 2 aromatic rings. The minimum Gasteiger partial charge on any atom is -0.455 e. The van der Waals surface area contributed by atoms with Crippen LogP contribution in [0.25, 0.3) is 16.5 Å². The van der Waals surface area contributed by atoms with Crippen LogP contribution in [-0.2, 0) is 0 Å². The average molecular weight is 312 g/mol. The van der Waals surface area contributed by atoms with Gasteiger partial charge in [-0.15, -0.1) is 0 Å². The normalized spacial score (nSPS) is 18.0. The Labute approximate surface area is 135 Å². The Morgan fingerprint density at radius 2 is 1.82 bits per heavy atom. The van der Waals surface area contributed by atoms with E-state index in [-0.39, 0.29) is 17.3 Å². The summed E-state index contributed by atoms with van der Waals surface area (Å²) in [6.45, 7) is 8.52. The topological polar surface area (TPSA) is 30.2 Å². The van der Waals surface area contributed by atoms with E-state index >= 15 is 0 Å². The Kier molecular flexibility index (Phi) is 3.77. The monoisotopic (exact) mass is 312 g/mol. The first kappa shape index (κ1) is 15.2. The van der Waals surface area contributed by atoms with Crippen molar-refractivity contribution in [1.82, 2.24) is 0 Å². The second-order valence-corrected chi connectivity index (χ2v) is 6.98. The summed E-state index contributed by atoms with van der Waals surface area (Å²) in [5.41, 5.74) is 2.31. The van der Waals surface area contributed by atoms with Gasteiger partial charge >= 0.3 is 0 Å². The van der Waals surface area contributed by atoms with Crippen LogP contribution in [0.1, 0.15) is 39.0 Å². The third kappa shape index (κ3) is 2.24. The van der Waals surface area contributed by atoms with Gasteiger partial charge in [-0.3, -0.25) is 4.79 Å². The highest BCUT2D eigenvalue weighted by Crippen LogP contribution is 2.37. The molecule has 22 heavy (non-hydrogen) atoms. The van der Waals surface area contributed by atoms with Crippen molar-refractivity contribution in [2.24, 2.45) is 17.8 Å². The zero-order chi connectivity index (χ0) is 16.0. The highest BCUT2D eigenvalue weighted by molar-refractivity contribution is 7.81. The van der Waals surface area contributed by atoms with E-state index in [1.54, 1.807) is 0 Å². The van der Waals surface area contributed by atoms with Crippen LogP contribution >= 0.6 is 12.2 Å². The van der Waals surface area contributed by atoms with Crippen molar-refractivity contribution >= 4 is 33.6 Å². The Bertz CT molecular complexity index is 840. The van der Waals surface area contributed by atoms with Crippen molar-refractivity contribution in [3.8, 4) is 0 Å². The van der Waals surface area contributed by atoms with E-state index in [0.717, 1.165) is 5.57 Å². The summed E-state index contributed by atoms with van der Waals surface area (Å²) in [6.07, 6.45) is 2.19. The van der Waals surface area contributed by atoms with Gasteiger partial charge in [-0.05, 0) is 29.5 Å². The van der Waals surface area contributed by atoms with Crippen molar-refractivity contribution in [3.05, 3.63) is 51.9 Å². The van der Waals surface area contributed by atoms with Gasteiger partial charge in [-0.2, -0.15) is 0 Å². The molecule has 1 aromatic heterocycles. The molecule has 0 radical (unpaired) electrons. The van der Waals surface area contributed by atoms with Crippen molar-refractivity contribution in [2.75, 3.05) is 0 Å². The largest absolute Gasteiger partial charge is 0.455 e. The molecule has 1 atom stereocenters. The van der Waals surface area contributed by atoms with E-state index in [1.165, 1.54) is 0 Å². The fourth-order valence-electron chi connectivity index (χ4n) is 3.03. The standard InChI is InChI=1S/C19H20O2S/c1-10(2)13-9-14(11(3)4)19(22)16-17(20)12-7-5-6-8-15(12)21-18(13)16/h5-11,14H,1-4H3. The minimum absolute atomic E-state index is 0.00116. The van der Waals surface area contributed by atoms with E-state index in [9.17, 15) is 4.79 Å². The van der Waals surface area contributed by atoms with Gasteiger partial charge in [0.15, 0.2) is 0 Å². The summed E-state index contributed by atoms with van der Waals surface area (Å²) >= 11 is 5.64. The lowest BCUT2D eigenvalue weighted by atomic mass is 9.79. The molecule has 0 spiro atoms. The van der Waals surface area contributed by atoms with Crippen molar-refractivity contribution in [1.29, 1.82) is 0 Å². The number of hydrogen-bond acceptors (Lipinski definition) is 3. The predicted octanol–water partition coefficient (Wildman–Crippen LogP) is 4.84.